The van der Waals surface area contributed by atoms with Gasteiger partial charge in [0.15, 0.2) is 0 Å². The van der Waals surface area contributed by atoms with Crippen LogP contribution in [0.3, 0.4) is 0 Å². The Morgan fingerprint density at radius 2 is 0.500 bits per heavy atom. The molecule has 118 heavy (non-hydrogen) atoms. The van der Waals surface area contributed by atoms with E-state index in [1.54, 1.807) is 72.8 Å². The average molecular weight is 1670 g/mol. The van der Waals surface area contributed by atoms with Gasteiger partial charge in [0.25, 0.3) is 29.5 Å². The van der Waals surface area contributed by atoms with E-state index in [2.05, 4.69) is 37.2 Å². The number of carbonyl (C=O) groups excluding carboxylic acids is 13. The maximum atomic E-state index is 13.8. The predicted molar refractivity (Wildman–Crippen MR) is 417 cm³/mol. The molecule has 3 aromatic carbocycles. The van der Waals surface area contributed by atoms with Gasteiger partial charge in [-0.1, -0.05) is 36.4 Å². The van der Waals surface area contributed by atoms with Crippen LogP contribution in [0, 0.1) is 0 Å². The number of rotatable bonds is 77. The Kier molecular flexibility index (Phi) is 58.1. The van der Waals surface area contributed by atoms with Crippen LogP contribution in [0.5, 0.6) is 0 Å². The predicted octanol–water partition coefficient (Wildman–Crippen LogP) is -0.243. The molecule has 1 saturated heterocycles. The molecular weight excluding hydrogens is 1560 g/mol. The van der Waals surface area contributed by atoms with Crippen molar-refractivity contribution < 1.29 is 148 Å². The highest BCUT2D eigenvalue weighted by molar-refractivity contribution is 6.01. The molecule has 7 N–H and O–H groups in total. The molecule has 1 fully saturated rings. The molecule has 0 spiro atoms. The highest BCUT2D eigenvalue weighted by Gasteiger charge is 2.35. The van der Waals surface area contributed by atoms with E-state index >= 15 is 0 Å². The SMILES string of the molecule is O=Cc1ccc(C(=O)NCCOCCOCCOCCNC(=O)CCOCC(COCCC(=O)NCCOCCOCCOCCNC(=O)c2ccc(C=O)cc2)(COCCC(=O)NCCOCCOCCOCCNC(=O)c2ccc(C=O)cc2)NC(=O)CCOCCOCCOCCOCCOCCC(=O)ON2C(=O)CCC2=O)cc1. The highest BCUT2D eigenvalue weighted by Crippen LogP contribution is 2.14. The molecule has 658 valence electrons. The smallest absolute Gasteiger partial charge is 0.335 e. The van der Waals surface area contributed by atoms with Gasteiger partial charge in [0, 0.05) is 111 Å². The Morgan fingerprint density at radius 3 is 0.763 bits per heavy atom. The zero-order valence-corrected chi connectivity index (χ0v) is 67.0. The van der Waals surface area contributed by atoms with E-state index in [0.717, 1.165) is 0 Å². The first-order valence-electron chi connectivity index (χ1n) is 39.1. The second-order valence-electron chi connectivity index (χ2n) is 25.4. The average Bonchev–Trinajstić information content (AvgIpc) is 1.54. The van der Waals surface area contributed by atoms with Crippen molar-refractivity contribution >= 4 is 78.0 Å². The third-order valence-corrected chi connectivity index (χ3v) is 16.0. The van der Waals surface area contributed by atoms with Crippen molar-refractivity contribution in [2.75, 3.05) is 264 Å². The van der Waals surface area contributed by atoms with E-state index in [4.69, 9.17) is 85.4 Å². The summed E-state index contributed by atoms with van der Waals surface area (Å²) < 4.78 is 95.8. The van der Waals surface area contributed by atoms with Crippen molar-refractivity contribution in [2.45, 2.75) is 50.5 Å². The number of aldehydes is 3. The molecule has 1 heterocycles. The van der Waals surface area contributed by atoms with Crippen LogP contribution in [-0.4, -0.2) is 352 Å². The van der Waals surface area contributed by atoms with Crippen LogP contribution in [0.15, 0.2) is 72.8 Å². The van der Waals surface area contributed by atoms with Crippen molar-refractivity contribution in [1.29, 1.82) is 0 Å². The number of hydrogen-bond acceptors (Lipinski definition) is 31. The molecule has 0 atom stereocenters. The first kappa shape index (κ1) is 101. The van der Waals surface area contributed by atoms with E-state index < -0.39 is 29.2 Å². The third kappa shape index (κ3) is 51.3. The van der Waals surface area contributed by atoms with Gasteiger partial charge in [-0.25, -0.2) is 4.79 Å². The molecule has 0 saturated carbocycles. The number of nitrogens with one attached hydrogen (secondary N) is 7. The Morgan fingerprint density at radius 1 is 0.280 bits per heavy atom. The van der Waals surface area contributed by atoms with Crippen molar-refractivity contribution in [3.63, 3.8) is 0 Å². The molecular formula is C79H116N8O31. The van der Waals surface area contributed by atoms with Crippen LogP contribution in [0.1, 0.15) is 107 Å². The standard InChI is InChI=1S/C79H116N8O31/c88-57-63-1-7-66(8-2-63)76(98)83-23-34-106-42-50-111-47-39-103-31-20-80-69(91)15-27-115-60-79(61-116-28-16-70(92)81-21-32-104-40-48-112-51-43-107-35-24-84-77(99)67-9-3-64(58-89)4-10-67,62-117-29-17-71(93)82-22-33-105-41-49-113-52-44-108-36-25-85-78(100)68-11-5-65(59-90)6-12-68)86-72(94)18-26-101-37-45-109-53-55-114-56-54-110-46-38-102-30-19-75(97)118-87-73(95)13-14-74(87)96/h1-12,57-59H,13-56,60-62H2,(H,80,91)(H,81,92)(H,82,93)(H,83,98)(H,84,99)(H,85,100)(H,86,94). The maximum Gasteiger partial charge on any atom is 0.335 e. The maximum absolute atomic E-state index is 13.8. The van der Waals surface area contributed by atoms with E-state index in [1.807, 2.05) is 0 Å². The normalized spacial score (nSPS) is 11.9. The van der Waals surface area contributed by atoms with Gasteiger partial charge in [-0.3, -0.25) is 57.5 Å². The monoisotopic (exact) mass is 1670 g/mol. The fourth-order valence-corrected chi connectivity index (χ4v) is 9.83. The quantitative estimate of drug-likeness (QED) is 0.0218. The van der Waals surface area contributed by atoms with Crippen LogP contribution >= 0.6 is 0 Å². The number of carbonyl (C=O) groups is 13. The number of hydrogen-bond donors (Lipinski definition) is 7. The molecule has 4 rings (SSSR count). The van der Waals surface area contributed by atoms with Gasteiger partial charge in [-0.15, -0.1) is 5.06 Å². The molecule has 39 heteroatoms. The summed E-state index contributed by atoms with van der Waals surface area (Å²) in [5.41, 5.74) is 1.25. The molecule has 0 bridgehead atoms. The largest absolute Gasteiger partial charge is 0.379 e. The number of nitrogens with zero attached hydrogens (tertiary/aromatic N) is 1. The van der Waals surface area contributed by atoms with E-state index in [-0.39, 0.29) is 344 Å². The molecule has 0 aromatic heterocycles. The zero-order valence-electron chi connectivity index (χ0n) is 67.0. The lowest BCUT2D eigenvalue weighted by atomic mass is 10.0. The summed E-state index contributed by atoms with van der Waals surface area (Å²) in [5, 5.41) is 20.0. The molecule has 1 aliphatic rings. The third-order valence-electron chi connectivity index (χ3n) is 16.0. The van der Waals surface area contributed by atoms with Crippen LogP contribution in [0.25, 0.3) is 0 Å². The Bertz CT molecular complexity index is 3050. The Hall–Kier alpha value is -9.11. The number of ether oxygens (including phenoxy) is 17. The van der Waals surface area contributed by atoms with Crippen molar-refractivity contribution in [3.05, 3.63) is 106 Å². The minimum absolute atomic E-state index is 0.000957. The second kappa shape index (κ2) is 67.7. The minimum Gasteiger partial charge on any atom is -0.379 e. The molecule has 0 aliphatic carbocycles. The molecule has 0 unspecified atom stereocenters. The minimum atomic E-state index is -1.44. The lowest BCUT2D eigenvalue weighted by Gasteiger charge is -2.34. The van der Waals surface area contributed by atoms with Crippen LogP contribution < -0.4 is 37.2 Å². The second-order valence-corrected chi connectivity index (χ2v) is 25.4. The van der Waals surface area contributed by atoms with Gasteiger partial charge in [-0.05, 0) is 36.4 Å². The summed E-state index contributed by atoms with van der Waals surface area (Å²) in [6.45, 7) is 6.71. The lowest BCUT2D eigenvalue weighted by molar-refractivity contribution is -0.198. The van der Waals surface area contributed by atoms with Gasteiger partial charge in [-0.2, -0.15) is 0 Å². The first-order valence-corrected chi connectivity index (χ1v) is 39.1. The van der Waals surface area contributed by atoms with E-state index in [1.165, 1.54) is 0 Å². The first-order chi connectivity index (χ1) is 57.6. The fraction of sp³-hybridized carbons (Fsp3) is 0.608. The summed E-state index contributed by atoms with van der Waals surface area (Å²) in [4.78, 5) is 162. The fourth-order valence-electron chi connectivity index (χ4n) is 9.83. The van der Waals surface area contributed by atoms with E-state index in [0.29, 0.717) is 57.3 Å². The van der Waals surface area contributed by atoms with Crippen molar-refractivity contribution in [2.24, 2.45) is 0 Å². The van der Waals surface area contributed by atoms with Crippen LogP contribution in [-0.2, 0) is 119 Å². The molecule has 3 aromatic rings. The molecule has 39 nitrogen and oxygen atoms in total. The number of imide groups is 1. The molecule has 9 amide bonds. The van der Waals surface area contributed by atoms with Crippen molar-refractivity contribution in [1.82, 2.24) is 42.3 Å². The van der Waals surface area contributed by atoms with Gasteiger partial charge in [0.05, 0.1) is 231 Å². The van der Waals surface area contributed by atoms with Crippen LogP contribution in [0.4, 0.5) is 0 Å². The van der Waals surface area contributed by atoms with Gasteiger partial charge >= 0.3 is 5.97 Å². The van der Waals surface area contributed by atoms with Gasteiger partial charge < -0.3 is 123 Å². The summed E-state index contributed by atoms with van der Waals surface area (Å²) in [6.07, 6.45) is 1.56. The number of hydroxylamine groups is 2. The van der Waals surface area contributed by atoms with Gasteiger partial charge in [0.2, 0.25) is 23.6 Å². The topological polar surface area (TPSA) is 476 Å². The summed E-state index contributed by atoms with van der Waals surface area (Å²) in [5.74, 6) is -4.30. The summed E-state index contributed by atoms with van der Waals surface area (Å²) >= 11 is 0. The lowest BCUT2D eigenvalue weighted by Crippen LogP contribution is -2.59. The van der Waals surface area contributed by atoms with Crippen LogP contribution in [0.2, 0.25) is 0 Å². The Labute approximate surface area is 686 Å². The summed E-state index contributed by atoms with van der Waals surface area (Å²) in [6, 6.07) is 18.7. The highest BCUT2D eigenvalue weighted by atomic mass is 16.7. The van der Waals surface area contributed by atoms with Gasteiger partial charge in [0.1, 0.15) is 24.4 Å². The number of amides is 9. The zero-order chi connectivity index (χ0) is 84.8. The summed E-state index contributed by atoms with van der Waals surface area (Å²) in [7, 11) is 0. The van der Waals surface area contributed by atoms with E-state index in [9.17, 15) is 62.3 Å². The number of benzene rings is 3. The van der Waals surface area contributed by atoms with Crippen molar-refractivity contribution in [3.8, 4) is 0 Å². The Balaban J connectivity index is 1.19. The molecule has 1 aliphatic heterocycles. The molecule has 0 radical (unpaired) electrons.